The highest BCUT2D eigenvalue weighted by molar-refractivity contribution is 6.10. The molecule has 0 aromatic heterocycles. The third kappa shape index (κ3) is 5.11. The summed E-state index contributed by atoms with van der Waals surface area (Å²) in [4.78, 5) is 39.8. The van der Waals surface area contributed by atoms with Crippen LogP contribution in [0.4, 0.5) is 10.5 Å². The molecule has 6 nitrogen and oxygen atoms in total. The van der Waals surface area contributed by atoms with Crippen molar-refractivity contribution in [3.63, 3.8) is 0 Å². The van der Waals surface area contributed by atoms with Crippen molar-refractivity contribution in [2.45, 2.75) is 45.1 Å². The van der Waals surface area contributed by atoms with E-state index in [1.807, 2.05) is 78.9 Å². The minimum absolute atomic E-state index is 0.0245. The number of nitrogens with zero attached hydrogens (tertiary/aromatic N) is 1. The smallest absolute Gasteiger partial charge is 0.324 e. The Bertz CT molecular complexity index is 1250. The maximum absolute atomic E-state index is 13.3. The summed E-state index contributed by atoms with van der Waals surface area (Å²) >= 11 is 0. The molecule has 1 fully saturated rings. The molecule has 1 saturated heterocycles. The molecule has 6 heteroatoms. The maximum atomic E-state index is 13.3. The molecule has 3 aromatic rings. The Balaban J connectivity index is 1.47. The van der Waals surface area contributed by atoms with Gasteiger partial charge in [-0.15, -0.1) is 0 Å². The minimum Gasteiger partial charge on any atom is -0.324 e. The van der Waals surface area contributed by atoms with Crippen LogP contribution in [0, 0.1) is 0 Å². The molecule has 0 aliphatic carbocycles. The zero-order valence-electron chi connectivity index (χ0n) is 20.6. The van der Waals surface area contributed by atoms with Crippen LogP contribution in [-0.2, 0) is 27.0 Å². The van der Waals surface area contributed by atoms with Crippen LogP contribution in [-0.4, -0.2) is 29.3 Å². The van der Waals surface area contributed by atoms with Crippen molar-refractivity contribution < 1.29 is 14.4 Å². The SMILES string of the molecule is CC(C)(C)c1ccc(C2(C)NC(=O)N(CC(=O)Nc3ccccc3Cc3ccccc3)C2=O)cc1. The van der Waals surface area contributed by atoms with E-state index in [1.165, 1.54) is 0 Å². The summed E-state index contributed by atoms with van der Waals surface area (Å²) in [6.45, 7) is 7.66. The van der Waals surface area contributed by atoms with Gasteiger partial charge in [0, 0.05) is 5.69 Å². The zero-order valence-corrected chi connectivity index (χ0v) is 20.6. The lowest BCUT2D eigenvalue weighted by Crippen LogP contribution is -2.42. The van der Waals surface area contributed by atoms with Gasteiger partial charge in [0.15, 0.2) is 0 Å². The third-order valence-electron chi connectivity index (χ3n) is 6.43. The highest BCUT2D eigenvalue weighted by Crippen LogP contribution is 2.31. The number of carbonyl (C=O) groups is 3. The third-order valence-corrected chi connectivity index (χ3v) is 6.43. The van der Waals surface area contributed by atoms with Gasteiger partial charge in [0.2, 0.25) is 5.91 Å². The van der Waals surface area contributed by atoms with Crippen LogP contribution in [0.15, 0.2) is 78.9 Å². The maximum Gasteiger partial charge on any atom is 0.325 e. The van der Waals surface area contributed by atoms with E-state index in [4.69, 9.17) is 0 Å². The Morgan fingerprint density at radius 1 is 0.914 bits per heavy atom. The average molecular weight is 470 g/mol. The van der Waals surface area contributed by atoms with Gasteiger partial charge in [-0.05, 0) is 47.1 Å². The average Bonchev–Trinajstić information content (AvgIpc) is 3.04. The fourth-order valence-electron chi connectivity index (χ4n) is 4.29. The van der Waals surface area contributed by atoms with Crippen LogP contribution in [0.1, 0.15) is 49.9 Å². The number of para-hydroxylation sites is 1. The summed E-state index contributed by atoms with van der Waals surface area (Å²) in [7, 11) is 0. The molecular weight excluding hydrogens is 438 g/mol. The molecule has 0 bridgehead atoms. The second-order valence-electron chi connectivity index (χ2n) is 10.1. The van der Waals surface area contributed by atoms with Gasteiger partial charge in [0.25, 0.3) is 5.91 Å². The van der Waals surface area contributed by atoms with Crippen LogP contribution in [0.3, 0.4) is 0 Å². The van der Waals surface area contributed by atoms with Crippen LogP contribution >= 0.6 is 0 Å². The lowest BCUT2D eigenvalue weighted by atomic mass is 9.84. The predicted octanol–water partition coefficient (Wildman–Crippen LogP) is 4.98. The molecule has 3 aromatic carbocycles. The first-order chi connectivity index (χ1) is 16.6. The largest absolute Gasteiger partial charge is 0.325 e. The lowest BCUT2D eigenvalue weighted by Gasteiger charge is -2.24. The van der Waals surface area contributed by atoms with Crippen molar-refractivity contribution in [3.05, 3.63) is 101 Å². The molecule has 4 rings (SSSR count). The van der Waals surface area contributed by atoms with Gasteiger partial charge in [0.05, 0.1) is 0 Å². The number of nitrogens with one attached hydrogen (secondary N) is 2. The normalized spacial score (nSPS) is 17.9. The number of urea groups is 1. The van der Waals surface area contributed by atoms with Crippen LogP contribution in [0.5, 0.6) is 0 Å². The van der Waals surface area contributed by atoms with Gasteiger partial charge in [-0.25, -0.2) is 4.79 Å². The quantitative estimate of drug-likeness (QED) is 0.500. The number of anilines is 1. The Morgan fingerprint density at radius 2 is 1.54 bits per heavy atom. The predicted molar refractivity (Wildman–Crippen MR) is 137 cm³/mol. The van der Waals surface area contributed by atoms with Crippen molar-refractivity contribution >= 4 is 23.5 Å². The summed E-state index contributed by atoms with van der Waals surface area (Å²) in [5, 5.41) is 5.65. The summed E-state index contributed by atoms with van der Waals surface area (Å²) < 4.78 is 0. The van der Waals surface area contributed by atoms with E-state index in [9.17, 15) is 14.4 Å². The van der Waals surface area contributed by atoms with E-state index in [-0.39, 0.29) is 12.0 Å². The zero-order chi connectivity index (χ0) is 25.2. The first kappa shape index (κ1) is 24.2. The first-order valence-corrected chi connectivity index (χ1v) is 11.7. The highest BCUT2D eigenvalue weighted by atomic mass is 16.2. The van der Waals surface area contributed by atoms with Crippen molar-refractivity contribution in [2.75, 3.05) is 11.9 Å². The standard InChI is InChI=1S/C29H31N3O3/c1-28(2,3)22-14-16-23(17-15-22)29(4)26(34)32(27(35)31-29)19-25(33)30-24-13-9-8-12-21(24)18-20-10-6-5-7-11-20/h5-17H,18-19H2,1-4H3,(H,30,33)(H,31,35). The van der Waals surface area contributed by atoms with Gasteiger partial charge >= 0.3 is 6.03 Å². The molecule has 0 radical (unpaired) electrons. The van der Waals surface area contributed by atoms with E-state index < -0.39 is 23.4 Å². The van der Waals surface area contributed by atoms with E-state index in [0.29, 0.717) is 17.7 Å². The van der Waals surface area contributed by atoms with E-state index in [2.05, 4.69) is 31.4 Å². The van der Waals surface area contributed by atoms with Gasteiger partial charge in [-0.1, -0.05) is 93.6 Å². The second-order valence-corrected chi connectivity index (χ2v) is 10.1. The summed E-state index contributed by atoms with van der Waals surface area (Å²) in [6.07, 6.45) is 0.656. The van der Waals surface area contributed by atoms with Crippen molar-refractivity contribution in [2.24, 2.45) is 0 Å². The number of imide groups is 1. The Hall–Kier alpha value is -3.93. The number of amides is 4. The molecule has 1 heterocycles. The molecule has 1 aliphatic heterocycles. The number of hydrogen-bond acceptors (Lipinski definition) is 3. The number of rotatable bonds is 6. The molecule has 0 spiro atoms. The first-order valence-electron chi connectivity index (χ1n) is 11.7. The molecular formula is C29H31N3O3. The van der Waals surface area contributed by atoms with Crippen LogP contribution < -0.4 is 10.6 Å². The Morgan fingerprint density at radius 3 is 2.20 bits per heavy atom. The summed E-state index contributed by atoms with van der Waals surface area (Å²) in [5.74, 6) is -0.875. The van der Waals surface area contributed by atoms with Crippen molar-refractivity contribution in [3.8, 4) is 0 Å². The van der Waals surface area contributed by atoms with Gasteiger partial charge < -0.3 is 10.6 Å². The minimum atomic E-state index is -1.22. The molecule has 4 amide bonds. The molecule has 180 valence electrons. The molecule has 0 saturated carbocycles. The van der Waals surface area contributed by atoms with E-state index in [0.717, 1.165) is 21.6 Å². The van der Waals surface area contributed by atoms with Gasteiger partial charge in [-0.3, -0.25) is 14.5 Å². The highest BCUT2D eigenvalue weighted by Gasteiger charge is 2.49. The number of hydrogen-bond donors (Lipinski definition) is 2. The second kappa shape index (κ2) is 9.37. The van der Waals surface area contributed by atoms with E-state index in [1.54, 1.807) is 6.92 Å². The molecule has 1 aliphatic rings. The lowest BCUT2D eigenvalue weighted by molar-refractivity contribution is -0.133. The Kier molecular flexibility index (Phi) is 6.48. The molecule has 2 N–H and O–H groups in total. The fourth-order valence-corrected chi connectivity index (χ4v) is 4.29. The molecule has 1 unspecified atom stereocenters. The topological polar surface area (TPSA) is 78.5 Å². The molecule has 1 atom stereocenters. The number of benzene rings is 3. The van der Waals surface area contributed by atoms with Gasteiger partial charge in [-0.2, -0.15) is 0 Å². The fraction of sp³-hybridized carbons (Fsp3) is 0.276. The summed E-state index contributed by atoms with van der Waals surface area (Å²) in [5.41, 5.74) is 3.30. The Labute approximate surface area is 206 Å². The van der Waals surface area contributed by atoms with Gasteiger partial charge in [0.1, 0.15) is 12.1 Å². The van der Waals surface area contributed by atoms with Crippen molar-refractivity contribution in [1.82, 2.24) is 10.2 Å². The summed E-state index contributed by atoms with van der Waals surface area (Å²) in [6, 6.07) is 24.6. The monoisotopic (exact) mass is 469 g/mol. The van der Waals surface area contributed by atoms with E-state index >= 15 is 0 Å². The van der Waals surface area contributed by atoms with Crippen molar-refractivity contribution in [1.29, 1.82) is 0 Å². The van der Waals surface area contributed by atoms with Crippen LogP contribution in [0.25, 0.3) is 0 Å². The number of carbonyl (C=O) groups excluding carboxylic acids is 3. The molecule has 35 heavy (non-hydrogen) atoms. The van der Waals surface area contributed by atoms with Crippen LogP contribution in [0.2, 0.25) is 0 Å².